The van der Waals surface area contributed by atoms with E-state index in [4.69, 9.17) is 0 Å². The van der Waals surface area contributed by atoms with Gasteiger partial charge >= 0.3 is 0 Å². The van der Waals surface area contributed by atoms with Crippen molar-refractivity contribution in [3.63, 3.8) is 0 Å². The van der Waals surface area contributed by atoms with Crippen LogP contribution in [0.2, 0.25) is 0 Å². The summed E-state index contributed by atoms with van der Waals surface area (Å²) in [6.45, 7) is 15.7. The molecular weight excluding hydrogens is 276 g/mol. The minimum absolute atomic E-state index is 0.772. The lowest BCUT2D eigenvalue weighted by atomic mass is 10.0. The maximum atomic E-state index is 2.43. The Kier molecular flexibility index (Phi) is 12.8. The van der Waals surface area contributed by atoms with Gasteiger partial charge in [-0.15, -0.1) is 0 Å². The van der Waals surface area contributed by atoms with Crippen molar-refractivity contribution in [3.05, 3.63) is 46.6 Å². The Labute approximate surface area is 146 Å². The van der Waals surface area contributed by atoms with Gasteiger partial charge in [0.15, 0.2) is 0 Å². The summed E-state index contributed by atoms with van der Waals surface area (Å²) >= 11 is 0. The van der Waals surface area contributed by atoms with Crippen molar-refractivity contribution in [2.45, 2.75) is 93.4 Å². The molecule has 0 aromatic rings. The first-order valence-corrected chi connectivity index (χ1v) is 9.41. The summed E-state index contributed by atoms with van der Waals surface area (Å²) in [7, 11) is 0. The predicted octanol–water partition coefficient (Wildman–Crippen LogP) is 8.18. The zero-order valence-corrected chi connectivity index (χ0v) is 16.8. The van der Waals surface area contributed by atoms with E-state index in [1.54, 1.807) is 0 Å². The molecule has 0 aliphatic heterocycles. The second-order valence-electron chi connectivity index (χ2n) is 7.68. The SMILES string of the molecule is CC(C)=CCC/C(C)=C\CC/C(C)=C\CC/C(C)=C/CC(C)C. The van der Waals surface area contributed by atoms with Gasteiger partial charge in [-0.05, 0) is 85.5 Å². The molecule has 0 aromatic carbocycles. The Bertz CT molecular complexity index is 423. The highest BCUT2D eigenvalue weighted by Crippen LogP contribution is 2.14. The highest BCUT2D eigenvalue weighted by molar-refractivity contribution is 5.07. The summed E-state index contributed by atoms with van der Waals surface area (Å²) in [5, 5.41) is 0. The van der Waals surface area contributed by atoms with Crippen molar-refractivity contribution in [1.29, 1.82) is 0 Å². The van der Waals surface area contributed by atoms with E-state index in [1.165, 1.54) is 67.2 Å². The van der Waals surface area contributed by atoms with Crippen molar-refractivity contribution < 1.29 is 0 Å². The molecule has 0 saturated carbocycles. The van der Waals surface area contributed by atoms with Gasteiger partial charge in [-0.1, -0.05) is 60.4 Å². The van der Waals surface area contributed by atoms with Gasteiger partial charge in [0.1, 0.15) is 0 Å². The zero-order chi connectivity index (χ0) is 17.7. The summed E-state index contributed by atoms with van der Waals surface area (Å²) in [6, 6.07) is 0. The van der Waals surface area contributed by atoms with E-state index in [-0.39, 0.29) is 0 Å². The molecule has 0 heteroatoms. The van der Waals surface area contributed by atoms with Crippen molar-refractivity contribution in [2.75, 3.05) is 0 Å². The Balaban J connectivity index is 3.98. The molecule has 132 valence electrons. The van der Waals surface area contributed by atoms with Crippen LogP contribution >= 0.6 is 0 Å². The van der Waals surface area contributed by atoms with Gasteiger partial charge in [-0.25, -0.2) is 0 Å². The molecule has 0 saturated heterocycles. The van der Waals surface area contributed by atoms with Crippen LogP contribution in [0.4, 0.5) is 0 Å². The van der Waals surface area contributed by atoms with Crippen molar-refractivity contribution in [2.24, 2.45) is 5.92 Å². The molecule has 0 amide bonds. The molecule has 0 radical (unpaired) electrons. The number of rotatable bonds is 11. The minimum Gasteiger partial charge on any atom is -0.0856 e. The fourth-order valence-corrected chi connectivity index (χ4v) is 2.42. The second kappa shape index (κ2) is 13.4. The monoisotopic (exact) mass is 316 g/mol. The van der Waals surface area contributed by atoms with E-state index in [1.807, 2.05) is 0 Å². The van der Waals surface area contributed by atoms with Gasteiger partial charge in [0.05, 0.1) is 0 Å². The number of hydrogen-bond acceptors (Lipinski definition) is 0. The van der Waals surface area contributed by atoms with Gasteiger partial charge in [-0.3, -0.25) is 0 Å². The Morgan fingerprint density at radius 1 is 0.609 bits per heavy atom. The van der Waals surface area contributed by atoms with Crippen LogP contribution in [0.25, 0.3) is 0 Å². The van der Waals surface area contributed by atoms with Crippen LogP contribution in [0.15, 0.2) is 46.6 Å². The van der Waals surface area contributed by atoms with Gasteiger partial charge < -0.3 is 0 Å². The van der Waals surface area contributed by atoms with Crippen LogP contribution in [0.5, 0.6) is 0 Å². The Morgan fingerprint density at radius 3 is 1.39 bits per heavy atom. The quantitative estimate of drug-likeness (QED) is 0.337. The van der Waals surface area contributed by atoms with Crippen molar-refractivity contribution >= 4 is 0 Å². The van der Waals surface area contributed by atoms with Crippen LogP contribution in [-0.4, -0.2) is 0 Å². The number of allylic oxidation sites excluding steroid dienone is 8. The molecule has 0 heterocycles. The van der Waals surface area contributed by atoms with E-state index >= 15 is 0 Å². The highest BCUT2D eigenvalue weighted by atomic mass is 14.0. The summed E-state index contributed by atoms with van der Waals surface area (Å²) in [5.74, 6) is 0.772. The third-order valence-electron chi connectivity index (χ3n) is 4.09. The largest absolute Gasteiger partial charge is 0.0856 e. The fraction of sp³-hybridized carbons (Fsp3) is 0.652. The van der Waals surface area contributed by atoms with E-state index < -0.39 is 0 Å². The molecule has 0 aliphatic carbocycles. The van der Waals surface area contributed by atoms with Crippen LogP contribution in [0, 0.1) is 5.92 Å². The Hall–Kier alpha value is -1.04. The molecular formula is C23H40. The molecule has 0 unspecified atom stereocenters. The molecule has 0 atom stereocenters. The van der Waals surface area contributed by atoms with Crippen LogP contribution in [-0.2, 0) is 0 Å². The van der Waals surface area contributed by atoms with Gasteiger partial charge in [0, 0.05) is 0 Å². The predicted molar refractivity (Wildman–Crippen MR) is 108 cm³/mol. The van der Waals surface area contributed by atoms with Crippen molar-refractivity contribution in [3.8, 4) is 0 Å². The smallest absolute Gasteiger partial charge is 0.0288 e. The molecule has 0 N–H and O–H groups in total. The lowest BCUT2D eigenvalue weighted by Crippen LogP contribution is -1.85. The molecule has 23 heavy (non-hydrogen) atoms. The summed E-state index contributed by atoms with van der Waals surface area (Å²) in [6.07, 6.45) is 18.0. The fourth-order valence-electron chi connectivity index (χ4n) is 2.42. The van der Waals surface area contributed by atoms with E-state index in [2.05, 4.69) is 72.8 Å². The minimum atomic E-state index is 0.772. The molecule has 0 spiro atoms. The summed E-state index contributed by atoms with van der Waals surface area (Å²) < 4.78 is 0. The van der Waals surface area contributed by atoms with Crippen molar-refractivity contribution in [1.82, 2.24) is 0 Å². The van der Waals surface area contributed by atoms with Crippen LogP contribution in [0.3, 0.4) is 0 Å². The highest BCUT2D eigenvalue weighted by Gasteiger charge is 1.94. The maximum Gasteiger partial charge on any atom is -0.0288 e. The maximum absolute atomic E-state index is 2.43. The number of hydrogen-bond donors (Lipinski definition) is 0. The molecule has 0 bridgehead atoms. The first kappa shape index (κ1) is 22.0. The molecule has 0 nitrogen and oxygen atoms in total. The molecule has 0 rings (SSSR count). The zero-order valence-electron chi connectivity index (χ0n) is 16.8. The Morgan fingerprint density at radius 2 is 1.00 bits per heavy atom. The second-order valence-corrected chi connectivity index (χ2v) is 7.68. The van der Waals surface area contributed by atoms with E-state index in [0.29, 0.717) is 0 Å². The van der Waals surface area contributed by atoms with E-state index in [0.717, 1.165) is 5.92 Å². The molecule has 0 fully saturated rings. The first-order valence-electron chi connectivity index (χ1n) is 9.41. The van der Waals surface area contributed by atoms with Crippen LogP contribution in [0.1, 0.15) is 93.4 Å². The summed E-state index contributed by atoms with van der Waals surface area (Å²) in [5.41, 5.74) is 6.03. The normalized spacial score (nSPS) is 13.7. The van der Waals surface area contributed by atoms with Crippen LogP contribution < -0.4 is 0 Å². The molecule has 0 aromatic heterocycles. The lowest BCUT2D eigenvalue weighted by molar-refractivity contribution is 0.659. The summed E-state index contributed by atoms with van der Waals surface area (Å²) in [4.78, 5) is 0. The third kappa shape index (κ3) is 15.6. The topological polar surface area (TPSA) is 0 Å². The third-order valence-corrected chi connectivity index (χ3v) is 4.09. The van der Waals surface area contributed by atoms with E-state index in [9.17, 15) is 0 Å². The van der Waals surface area contributed by atoms with Gasteiger partial charge in [0.2, 0.25) is 0 Å². The van der Waals surface area contributed by atoms with Gasteiger partial charge in [0.25, 0.3) is 0 Å². The average Bonchev–Trinajstić information content (AvgIpc) is 2.44. The molecule has 0 aliphatic rings. The first-order chi connectivity index (χ1) is 10.8. The van der Waals surface area contributed by atoms with Gasteiger partial charge in [-0.2, -0.15) is 0 Å². The standard InChI is InChI=1S/C23H40/c1-19(2)11-8-12-21(5)13-9-14-22(6)15-10-16-23(7)18-17-20(3)4/h11,13,15,18,20H,8-10,12,14,16-17H2,1-7H3/b21-13-,22-15-,23-18+. The lowest BCUT2D eigenvalue weighted by Gasteiger charge is -2.03. The average molecular weight is 317 g/mol.